The SMILES string of the molecule is Cc1ccccc1CN(C)C(=O)COC(=O)c1ccc(Cl)c(S(=O)(=O)N2CCCC2)c1. The molecule has 1 aliphatic heterocycles. The van der Waals surface area contributed by atoms with E-state index in [0.29, 0.717) is 19.6 Å². The molecule has 3 rings (SSSR count). The van der Waals surface area contributed by atoms with E-state index < -0.39 is 22.6 Å². The molecule has 2 aromatic carbocycles. The van der Waals surface area contributed by atoms with E-state index in [-0.39, 0.29) is 21.4 Å². The number of sulfonamides is 1. The number of amides is 1. The standard InChI is InChI=1S/C22H25ClN2O5S/c1-16-7-3-4-8-18(16)14-24(2)21(26)15-30-22(27)17-9-10-19(23)20(13-17)31(28,29)25-11-5-6-12-25/h3-4,7-10,13H,5-6,11-12,14-15H2,1-2H3. The molecule has 1 fully saturated rings. The molecule has 0 bridgehead atoms. The molecule has 0 aromatic heterocycles. The summed E-state index contributed by atoms with van der Waals surface area (Å²) in [4.78, 5) is 26.2. The summed E-state index contributed by atoms with van der Waals surface area (Å²) in [5.41, 5.74) is 2.09. The molecule has 0 unspecified atom stereocenters. The zero-order chi connectivity index (χ0) is 22.6. The fourth-order valence-corrected chi connectivity index (χ4v) is 5.37. The highest BCUT2D eigenvalue weighted by Gasteiger charge is 2.30. The van der Waals surface area contributed by atoms with Crippen molar-refractivity contribution in [3.05, 3.63) is 64.2 Å². The average Bonchev–Trinajstić information content (AvgIpc) is 3.29. The predicted octanol–water partition coefficient (Wildman–Crippen LogP) is 3.25. The van der Waals surface area contributed by atoms with E-state index in [1.165, 1.54) is 27.4 Å². The van der Waals surface area contributed by atoms with E-state index >= 15 is 0 Å². The molecule has 2 aromatic rings. The number of ether oxygens (including phenoxy) is 1. The van der Waals surface area contributed by atoms with Gasteiger partial charge in [0.05, 0.1) is 10.6 Å². The number of carbonyl (C=O) groups is 2. The van der Waals surface area contributed by atoms with Gasteiger partial charge < -0.3 is 9.64 Å². The molecule has 1 heterocycles. The Balaban J connectivity index is 1.65. The van der Waals surface area contributed by atoms with Crippen LogP contribution in [0.1, 0.15) is 34.3 Å². The van der Waals surface area contributed by atoms with Gasteiger partial charge in [-0.2, -0.15) is 4.31 Å². The summed E-state index contributed by atoms with van der Waals surface area (Å²) in [6.07, 6.45) is 1.58. The Morgan fingerprint density at radius 1 is 1.13 bits per heavy atom. The highest BCUT2D eigenvalue weighted by atomic mass is 35.5. The second-order valence-corrected chi connectivity index (χ2v) is 9.82. The molecule has 1 aliphatic rings. The number of carbonyl (C=O) groups excluding carboxylic acids is 2. The molecule has 1 amide bonds. The van der Waals surface area contributed by atoms with Gasteiger partial charge in [-0.05, 0) is 49.1 Å². The van der Waals surface area contributed by atoms with Crippen LogP contribution < -0.4 is 0 Å². The lowest BCUT2D eigenvalue weighted by molar-refractivity contribution is -0.133. The number of aryl methyl sites for hydroxylation is 1. The highest BCUT2D eigenvalue weighted by molar-refractivity contribution is 7.89. The maximum atomic E-state index is 12.8. The van der Waals surface area contributed by atoms with Crippen molar-refractivity contribution in [2.45, 2.75) is 31.2 Å². The van der Waals surface area contributed by atoms with E-state index in [2.05, 4.69) is 0 Å². The van der Waals surface area contributed by atoms with Crippen LogP contribution in [0.25, 0.3) is 0 Å². The van der Waals surface area contributed by atoms with Crippen LogP contribution in [-0.4, -0.2) is 56.2 Å². The van der Waals surface area contributed by atoms with Crippen molar-refractivity contribution in [2.24, 2.45) is 0 Å². The van der Waals surface area contributed by atoms with Crippen molar-refractivity contribution in [2.75, 3.05) is 26.7 Å². The van der Waals surface area contributed by atoms with Crippen molar-refractivity contribution >= 4 is 33.5 Å². The first kappa shape index (κ1) is 23.2. The summed E-state index contributed by atoms with van der Waals surface area (Å²) in [5, 5.41) is 0.0393. The van der Waals surface area contributed by atoms with E-state index in [4.69, 9.17) is 16.3 Å². The van der Waals surface area contributed by atoms with Crippen LogP contribution in [-0.2, 0) is 26.1 Å². The predicted molar refractivity (Wildman–Crippen MR) is 117 cm³/mol. The Morgan fingerprint density at radius 3 is 2.48 bits per heavy atom. The third-order valence-corrected chi connectivity index (χ3v) is 7.65. The fraction of sp³-hybridized carbons (Fsp3) is 0.364. The van der Waals surface area contributed by atoms with Crippen LogP contribution in [0.2, 0.25) is 5.02 Å². The summed E-state index contributed by atoms with van der Waals surface area (Å²) in [6.45, 7) is 2.76. The zero-order valence-electron chi connectivity index (χ0n) is 17.5. The van der Waals surface area contributed by atoms with Gasteiger partial charge in [-0.25, -0.2) is 13.2 Å². The van der Waals surface area contributed by atoms with Crippen LogP contribution >= 0.6 is 11.6 Å². The minimum Gasteiger partial charge on any atom is -0.452 e. The maximum absolute atomic E-state index is 12.8. The Labute approximate surface area is 187 Å². The number of hydrogen-bond acceptors (Lipinski definition) is 5. The summed E-state index contributed by atoms with van der Waals surface area (Å²) in [5.74, 6) is -1.15. The van der Waals surface area contributed by atoms with Crippen molar-refractivity contribution in [3.8, 4) is 0 Å². The van der Waals surface area contributed by atoms with Gasteiger partial charge in [-0.1, -0.05) is 35.9 Å². The van der Waals surface area contributed by atoms with Gasteiger partial charge in [0.1, 0.15) is 4.90 Å². The zero-order valence-corrected chi connectivity index (χ0v) is 19.1. The molecule has 9 heteroatoms. The number of halogens is 1. The van der Waals surface area contributed by atoms with Crippen LogP contribution in [0.3, 0.4) is 0 Å². The topological polar surface area (TPSA) is 84.0 Å². The molecule has 0 N–H and O–H groups in total. The third-order valence-electron chi connectivity index (χ3n) is 5.27. The quantitative estimate of drug-likeness (QED) is 0.587. The van der Waals surface area contributed by atoms with E-state index in [9.17, 15) is 18.0 Å². The lowest BCUT2D eigenvalue weighted by Gasteiger charge is -2.19. The van der Waals surface area contributed by atoms with Crippen LogP contribution in [0.5, 0.6) is 0 Å². The smallest absolute Gasteiger partial charge is 0.338 e. The summed E-state index contributed by atoms with van der Waals surface area (Å²) >= 11 is 6.10. The molecular weight excluding hydrogens is 440 g/mol. The first-order valence-electron chi connectivity index (χ1n) is 9.95. The lowest BCUT2D eigenvalue weighted by atomic mass is 10.1. The average molecular weight is 465 g/mol. The van der Waals surface area contributed by atoms with E-state index in [0.717, 1.165) is 24.0 Å². The monoisotopic (exact) mass is 464 g/mol. The van der Waals surface area contributed by atoms with Crippen molar-refractivity contribution < 1.29 is 22.7 Å². The van der Waals surface area contributed by atoms with E-state index in [1.54, 1.807) is 7.05 Å². The molecule has 166 valence electrons. The summed E-state index contributed by atoms with van der Waals surface area (Å²) in [6, 6.07) is 11.7. The minimum atomic E-state index is -3.79. The minimum absolute atomic E-state index is 0.0246. The number of benzene rings is 2. The molecular formula is C22H25ClN2O5S. The molecule has 7 nitrogen and oxygen atoms in total. The molecule has 0 atom stereocenters. The Kier molecular flexibility index (Phi) is 7.35. The fourth-order valence-electron chi connectivity index (χ4n) is 3.35. The van der Waals surface area contributed by atoms with Gasteiger partial charge in [-0.15, -0.1) is 0 Å². The van der Waals surface area contributed by atoms with Crippen LogP contribution in [0.15, 0.2) is 47.4 Å². The van der Waals surface area contributed by atoms with E-state index in [1.807, 2.05) is 31.2 Å². The largest absolute Gasteiger partial charge is 0.452 e. The Hall–Kier alpha value is -2.42. The normalized spacial score (nSPS) is 14.4. The molecule has 0 saturated carbocycles. The molecule has 0 radical (unpaired) electrons. The third kappa shape index (κ3) is 5.44. The molecule has 0 aliphatic carbocycles. The molecule has 1 saturated heterocycles. The van der Waals surface area contributed by atoms with Gasteiger partial charge in [0.2, 0.25) is 10.0 Å². The van der Waals surface area contributed by atoms with Gasteiger partial charge in [0.25, 0.3) is 5.91 Å². The van der Waals surface area contributed by atoms with Crippen molar-refractivity contribution in [1.82, 2.24) is 9.21 Å². The van der Waals surface area contributed by atoms with Crippen molar-refractivity contribution in [1.29, 1.82) is 0 Å². The Bertz CT molecular complexity index is 1080. The number of hydrogen-bond donors (Lipinski definition) is 0. The molecule has 31 heavy (non-hydrogen) atoms. The number of likely N-dealkylation sites (N-methyl/N-ethyl adjacent to an activating group) is 1. The van der Waals surface area contributed by atoms with Crippen LogP contribution in [0.4, 0.5) is 0 Å². The molecule has 0 spiro atoms. The van der Waals surface area contributed by atoms with Gasteiger partial charge in [-0.3, -0.25) is 4.79 Å². The van der Waals surface area contributed by atoms with Crippen LogP contribution in [0, 0.1) is 6.92 Å². The second-order valence-electron chi connectivity index (χ2n) is 7.51. The first-order valence-corrected chi connectivity index (χ1v) is 11.8. The highest BCUT2D eigenvalue weighted by Crippen LogP contribution is 2.28. The lowest BCUT2D eigenvalue weighted by Crippen LogP contribution is -2.31. The maximum Gasteiger partial charge on any atom is 0.338 e. The van der Waals surface area contributed by atoms with Gasteiger partial charge in [0, 0.05) is 26.7 Å². The van der Waals surface area contributed by atoms with Crippen molar-refractivity contribution in [3.63, 3.8) is 0 Å². The summed E-state index contributed by atoms with van der Waals surface area (Å²) < 4.78 is 32.1. The number of esters is 1. The number of rotatable bonds is 7. The first-order chi connectivity index (χ1) is 14.7. The second kappa shape index (κ2) is 9.80. The number of nitrogens with zero attached hydrogens (tertiary/aromatic N) is 2. The Morgan fingerprint density at radius 2 is 1.81 bits per heavy atom. The summed E-state index contributed by atoms with van der Waals surface area (Å²) in [7, 11) is -2.16. The van der Waals surface area contributed by atoms with Gasteiger partial charge >= 0.3 is 5.97 Å². The van der Waals surface area contributed by atoms with Gasteiger partial charge in [0.15, 0.2) is 6.61 Å².